The van der Waals surface area contributed by atoms with Crippen LogP contribution in [0.5, 0.6) is 5.75 Å². The number of thiazole rings is 1. The van der Waals surface area contributed by atoms with E-state index in [0.717, 1.165) is 16.7 Å². The number of nitrogens with one attached hydrogen (secondary N) is 1. The third kappa shape index (κ3) is 4.87. The molecule has 0 unspecified atom stereocenters. The van der Waals surface area contributed by atoms with Gasteiger partial charge in [-0.05, 0) is 66.4 Å². The van der Waals surface area contributed by atoms with Crippen molar-refractivity contribution in [2.75, 3.05) is 13.1 Å². The van der Waals surface area contributed by atoms with E-state index >= 15 is 0 Å². The maximum atomic E-state index is 13.7. The number of fused-ring (bicyclic) bond motifs is 1. The number of nitrogens with zero attached hydrogens (tertiary/aromatic N) is 2. The Balaban J connectivity index is 1.43. The highest BCUT2D eigenvalue weighted by Crippen LogP contribution is 2.38. The zero-order valence-electron chi connectivity index (χ0n) is 19.6. The lowest BCUT2D eigenvalue weighted by Gasteiger charge is -2.37. The minimum absolute atomic E-state index is 0.207. The monoisotopic (exact) mass is 505 g/mol. The van der Waals surface area contributed by atoms with E-state index in [4.69, 9.17) is 9.15 Å². The summed E-state index contributed by atoms with van der Waals surface area (Å²) < 4.78 is 25.1. The number of furan rings is 1. The normalized spacial score (nSPS) is 14.8. The van der Waals surface area contributed by atoms with Gasteiger partial charge in [0.2, 0.25) is 0 Å². The molecule has 3 heterocycles. The number of halogens is 1. The lowest BCUT2D eigenvalue weighted by Crippen LogP contribution is -2.40. The number of ether oxygens (including phenoxy) is 1. The summed E-state index contributed by atoms with van der Waals surface area (Å²) in [5.41, 5.74) is 3.16. The Bertz CT molecular complexity index is 1370. The van der Waals surface area contributed by atoms with E-state index < -0.39 is 6.04 Å². The highest BCUT2D eigenvalue weighted by Gasteiger charge is 2.34. The van der Waals surface area contributed by atoms with Crippen LogP contribution in [0.3, 0.4) is 0 Å². The summed E-state index contributed by atoms with van der Waals surface area (Å²) in [6.45, 7) is 3.09. The molecule has 0 fully saturated rings. The molecular formula is C27H24FN3O4S. The fraction of sp³-hybridized carbons (Fsp3) is 0.222. The van der Waals surface area contributed by atoms with Gasteiger partial charge in [0.15, 0.2) is 5.76 Å². The lowest BCUT2D eigenvalue weighted by atomic mass is 9.87. The smallest absolute Gasteiger partial charge is 0.290 e. The average Bonchev–Trinajstić information content (AvgIpc) is 3.60. The topological polar surface area (TPSA) is 84.7 Å². The fourth-order valence-electron chi connectivity index (χ4n) is 4.33. The average molecular weight is 506 g/mol. The Morgan fingerprint density at radius 2 is 2.06 bits per heavy atom. The minimum Gasteiger partial charge on any atom is -0.486 e. The van der Waals surface area contributed by atoms with Crippen molar-refractivity contribution < 1.29 is 23.1 Å². The molecule has 5 rings (SSSR count). The molecule has 1 aliphatic rings. The van der Waals surface area contributed by atoms with E-state index in [0.29, 0.717) is 36.0 Å². The Labute approximate surface area is 211 Å². The van der Waals surface area contributed by atoms with E-state index in [1.165, 1.54) is 29.7 Å². The standard InChI is InChI=1S/C27H24FN3O4S/c1-2-29-26(32)22-16-36-24(30-22)15-35-20-10-7-17-11-12-31(27(33)23-4-3-13-34-23)25(21(17)14-20)18-5-8-19(28)9-6-18/h3-10,13-14,16,25H,2,11-12,15H2,1H3,(H,29,32)/t25-/m1/s1. The number of aromatic nitrogens is 1. The Morgan fingerprint density at radius 3 is 2.81 bits per heavy atom. The third-order valence-electron chi connectivity index (χ3n) is 6.01. The number of amides is 2. The first-order chi connectivity index (χ1) is 17.5. The molecular weight excluding hydrogens is 481 g/mol. The molecule has 1 aliphatic heterocycles. The lowest BCUT2D eigenvalue weighted by molar-refractivity contribution is 0.0661. The first-order valence-corrected chi connectivity index (χ1v) is 12.5. The van der Waals surface area contributed by atoms with Crippen LogP contribution in [-0.4, -0.2) is 34.8 Å². The first-order valence-electron chi connectivity index (χ1n) is 11.6. The summed E-state index contributed by atoms with van der Waals surface area (Å²) in [6.07, 6.45) is 2.14. The van der Waals surface area contributed by atoms with Crippen LogP contribution in [-0.2, 0) is 13.0 Å². The second-order valence-corrected chi connectivity index (χ2v) is 9.26. The largest absolute Gasteiger partial charge is 0.486 e. The molecule has 184 valence electrons. The molecule has 2 amide bonds. The summed E-state index contributed by atoms with van der Waals surface area (Å²) in [4.78, 5) is 31.4. The van der Waals surface area contributed by atoms with Gasteiger partial charge in [-0.15, -0.1) is 11.3 Å². The number of hydrogen-bond donors (Lipinski definition) is 1. The summed E-state index contributed by atoms with van der Waals surface area (Å²) in [5, 5.41) is 5.12. The van der Waals surface area contributed by atoms with E-state index in [1.807, 2.05) is 25.1 Å². The molecule has 36 heavy (non-hydrogen) atoms. The summed E-state index contributed by atoms with van der Waals surface area (Å²) in [7, 11) is 0. The molecule has 0 radical (unpaired) electrons. The molecule has 2 aromatic heterocycles. The van der Waals surface area contributed by atoms with Crippen molar-refractivity contribution >= 4 is 23.2 Å². The van der Waals surface area contributed by atoms with Crippen molar-refractivity contribution in [3.8, 4) is 5.75 Å². The van der Waals surface area contributed by atoms with Crippen LogP contribution < -0.4 is 10.1 Å². The summed E-state index contributed by atoms with van der Waals surface area (Å²) >= 11 is 1.36. The number of carbonyl (C=O) groups excluding carboxylic acids is 2. The van der Waals surface area contributed by atoms with Crippen molar-refractivity contribution in [2.45, 2.75) is 26.0 Å². The van der Waals surface area contributed by atoms with Crippen molar-refractivity contribution in [3.63, 3.8) is 0 Å². The molecule has 0 spiro atoms. The molecule has 0 saturated carbocycles. The van der Waals surface area contributed by atoms with Crippen LogP contribution >= 0.6 is 11.3 Å². The maximum Gasteiger partial charge on any atom is 0.290 e. The predicted octanol–water partition coefficient (Wildman–Crippen LogP) is 4.99. The summed E-state index contributed by atoms with van der Waals surface area (Å²) in [6, 6.07) is 14.9. The molecule has 1 atom stereocenters. The van der Waals surface area contributed by atoms with Gasteiger partial charge < -0.3 is 19.4 Å². The number of rotatable bonds is 7. The van der Waals surface area contributed by atoms with Crippen LogP contribution in [0.15, 0.2) is 70.7 Å². The maximum absolute atomic E-state index is 13.7. The van der Waals surface area contributed by atoms with Crippen LogP contribution in [0, 0.1) is 5.82 Å². The van der Waals surface area contributed by atoms with Crippen LogP contribution in [0.1, 0.15) is 55.7 Å². The molecule has 0 saturated heterocycles. The molecule has 9 heteroatoms. The number of benzene rings is 2. The second-order valence-electron chi connectivity index (χ2n) is 8.32. The van der Waals surface area contributed by atoms with Crippen molar-refractivity contribution in [2.24, 2.45) is 0 Å². The van der Waals surface area contributed by atoms with Gasteiger partial charge in [0, 0.05) is 18.5 Å². The molecule has 4 aromatic rings. The van der Waals surface area contributed by atoms with Gasteiger partial charge in [-0.1, -0.05) is 18.2 Å². The summed E-state index contributed by atoms with van der Waals surface area (Å²) in [5.74, 6) is 0.0861. The number of hydrogen-bond acceptors (Lipinski definition) is 6. The van der Waals surface area contributed by atoms with Gasteiger partial charge >= 0.3 is 0 Å². The third-order valence-corrected chi connectivity index (χ3v) is 6.83. The van der Waals surface area contributed by atoms with Gasteiger partial charge in [0.25, 0.3) is 11.8 Å². The van der Waals surface area contributed by atoms with Gasteiger partial charge in [0.05, 0.1) is 12.3 Å². The van der Waals surface area contributed by atoms with Gasteiger partial charge in [0.1, 0.15) is 28.9 Å². The highest BCUT2D eigenvalue weighted by molar-refractivity contribution is 7.09. The van der Waals surface area contributed by atoms with Gasteiger partial charge in [-0.3, -0.25) is 9.59 Å². The predicted molar refractivity (Wildman–Crippen MR) is 133 cm³/mol. The zero-order chi connectivity index (χ0) is 25.1. The van der Waals surface area contributed by atoms with Gasteiger partial charge in [-0.2, -0.15) is 0 Å². The van der Waals surface area contributed by atoms with E-state index in [9.17, 15) is 14.0 Å². The quantitative estimate of drug-likeness (QED) is 0.383. The van der Waals surface area contributed by atoms with E-state index in [-0.39, 0.29) is 30.0 Å². The molecule has 7 nitrogen and oxygen atoms in total. The van der Waals surface area contributed by atoms with E-state index in [2.05, 4.69) is 10.3 Å². The van der Waals surface area contributed by atoms with Gasteiger partial charge in [-0.25, -0.2) is 9.37 Å². The number of carbonyl (C=O) groups is 2. The Morgan fingerprint density at radius 1 is 1.22 bits per heavy atom. The van der Waals surface area contributed by atoms with Crippen LogP contribution in [0.2, 0.25) is 0 Å². The molecule has 1 N–H and O–H groups in total. The highest BCUT2D eigenvalue weighted by atomic mass is 32.1. The minimum atomic E-state index is -0.431. The molecule has 0 bridgehead atoms. The SMILES string of the molecule is CCNC(=O)c1csc(COc2ccc3c(c2)[C@@H](c2ccc(F)cc2)N(C(=O)c2ccco2)CC3)n1. The molecule has 2 aromatic carbocycles. The van der Waals surface area contributed by atoms with Crippen LogP contribution in [0.4, 0.5) is 4.39 Å². The zero-order valence-corrected chi connectivity index (χ0v) is 20.4. The second kappa shape index (κ2) is 10.3. The van der Waals surface area contributed by atoms with Crippen molar-refractivity contribution in [1.29, 1.82) is 0 Å². The van der Waals surface area contributed by atoms with Crippen LogP contribution in [0.25, 0.3) is 0 Å². The Hall–Kier alpha value is -3.98. The first kappa shape index (κ1) is 23.7. The fourth-order valence-corrected chi connectivity index (χ4v) is 5.01. The molecule has 0 aliphatic carbocycles. The van der Waals surface area contributed by atoms with Crippen molar-refractivity contribution in [3.05, 3.63) is 105 Å². The van der Waals surface area contributed by atoms with E-state index in [1.54, 1.807) is 34.5 Å². The van der Waals surface area contributed by atoms with Crippen molar-refractivity contribution in [1.82, 2.24) is 15.2 Å². The Kier molecular flexibility index (Phi) is 6.81.